The minimum absolute atomic E-state index is 0.0598. The van der Waals surface area contributed by atoms with E-state index in [1.165, 1.54) is 19.6 Å². The second kappa shape index (κ2) is 10.8. The van der Waals surface area contributed by atoms with Crippen LogP contribution in [0.2, 0.25) is 0 Å². The maximum Gasteiger partial charge on any atom is 0.238 e. The highest BCUT2D eigenvalue weighted by molar-refractivity contribution is 5.95. The topological polar surface area (TPSA) is 79.5 Å². The van der Waals surface area contributed by atoms with Gasteiger partial charge in [-0.25, -0.2) is 0 Å². The summed E-state index contributed by atoms with van der Waals surface area (Å²) < 4.78 is 5.32. The number of rotatable bonds is 9. The molecule has 2 aromatic rings. The maximum atomic E-state index is 12.6. The number of hydrogen-bond acceptors (Lipinski definition) is 4. The molecule has 0 saturated carbocycles. The lowest BCUT2D eigenvalue weighted by atomic mass is 9.93. The molecule has 0 aliphatic heterocycles. The van der Waals surface area contributed by atoms with Crippen LogP contribution >= 0.6 is 0 Å². The van der Waals surface area contributed by atoms with E-state index < -0.39 is 0 Å². The van der Waals surface area contributed by atoms with Crippen LogP contribution in [-0.2, 0) is 9.59 Å². The first kappa shape index (κ1) is 23.4. The van der Waals surface area contributed by atoms with Crippen molar-refractivity contribution in [1.82, 2.24) is 5.32 Å². The largest absolute Gasteiger partial charge is 0.495 e. The van der Waals surface area contributed by atoms with E-state index in [1.54, 1.807) is 18.2 Å². The fourth-order valence-electron chi connectivity index (χ4n) is 3.31. The van der Waals surface area contributed by atoms with Crippen LogP contribution in [0.15, 0.2) is 42.5 Å². The van der Waals surface area contributed by atoms with E-state index in [0.717, 1.165) is 5.56 Å². The van der Waals surface area contributed by atoms with Gasteiger partial charge in [0.15, 0.2) is 0 Å². The average molecular weight is 412 g/mol. The number of carbonyl (C=O) groups excluding carboxylic acids is 2. The number of carbonyl (C=O) groups is 2. The molecule has 6 nitrogen and oxygen atoms in total. The van der Waals surface area contributed by atoms with Crippen molar-refractivity contribution in [2.45, 2.75) is 46.6 Å². The lowest BCUT2D eigenvalue weighted by molar-refractivity contribution is -0.116. The average Bonchev–Trinajstić information content (AvgIpc) is 2.68. The zero-order valence-electron chi connectivity index (χ0n) is 18.7. The first-order valence-corrected chi connectivity index (χ1v) is 10.3. The summed E-state index contributed by atoms with van der Waals surface area (Å²) in [5, 5.41) is 8.94. The van der Waals surface area contributed by atoms with Crippen molar-refractivity contribution in [2.24, 2.45) is 5.92 Å². The molecule has 2 aromatic carbocycles. The summed E-state index contributed by atoms with van der Waals surface area (Å²) in [5.74, 6) is 0.973. The Bertz CT molecular complexity index is 860. The van der Waals surface area contributed by atoms with Crippen LogP contribution in [0.25, 0.3) is 0 Å². The number of hydrogen-bond donors (Lipinski definition) is 3. The third-order valence-electron chi connectivity index (χ3n) is 4.91. The minimum atomic E-state index is -0.183. The van der Waals surface area contributed by atoms with Gasteiger partial charge in [-0.3, -0.25) is 9.59 Å². The van der Waals surface area contributed by atoms with Crippen molar-refractivity contribution in [3.63, 3.8) is 0 Å². The number of methoxy groups -OCH3 is 1. The highest BCUT2D eigenvalue weighted by Gasteiger charge is 2.17. The van der Waals surface area contributed by atoms with Gasteiger partial charge in [-0.15, -0.1) is 0 Å². The fourth-order valence-corrected chi connectivity index (χ4v) is 3.31. The molecule has 0 aromatic heterocycles. The fraction of sp³-hybridized carbons (Fsp3) is 0.417. The Hall–Kier alpha value is -2.86. The van der Waals surface area contributed by atoms with Gasteiger partial charge >= 0.3 is 0 Å². The number of benzene rings is 2. The SMILES string of the molecule is COc1ccc(NC(C)=O)cc1NC(=O)CN[C@@H](c1ccc(C(C)C)cc1)C(C)C. The van der Waals surface area contributed by atoms with Gasteiger partial charge in [0.1, 0.15) is 5.75 Å². The minimum Gasteiger partial charge on any atom is -0.495 e. The molecule has 0 spiro atoms. The quantitative estimate of drug-likeness (QED) is 0.559. The molecule has 0 unspecified atom stereocenters. The van der Waals surface area contributed by atoms with Crippen molar-refractivity contribution >= 4 is 23.2 Å². The van der Waals surface area contributed by atoms with Gasteiger partial charge in [-0.05, 0) is 41.2 Å². The highest BCUT2D eigenvalue weighted by atomic mass is 16.5. The number of ether oxygens (including phenoxy) is 1. The van der Waals surface area contributed by atoms with Gasteiger partial charge in [0.25, 0.3) is 0 Å². The third-order valence-corrected chi connectivity index (χ3v) is 4.91. The van der Waals surface area contributed by atoms with Crippen LogP contribution in [0.5, 0.6) is 5.75 Å². The molecule has 162 valence electrons. The Morgan fingerprint density at radius 1 is 0.933 bits per heavy atom. The van der Waals surface area contributed by atoms with Gasteiger partial charge in [0, 0.05) is 18.7 Å². The summed E-state index contributed by atoms with van der Waals surface area (Å²) >= 11 is 0. The standard InChI is InChI=1S/C24H33N3O3/c1-15(2)18-7-9-19(10-8-18)24(16(3)4)25-14-23(29)27-21-13-20(26-17(5)28)11-12-22(21)30-6/h7-13,15-16,24-25H,14H2,1-6H3,(H,26,28)(H,27,29)/t24-/m1/s1. The Kier molecular flexibility index (Phi) is 8.42. The van der Waals surface area contributed by atoms with E-state index in [-0.39, 0.29) is 24.4 Å². The first-order chi connectivity index (χ1) is 14.2. The molecule has 0 fully saturated rings. The lowest BCUT2D eigenvalue weighted by Gasteiger charge is -2.23. The molecular formula is C24H33N3O3. The van der Waals surface area contributed by atoms with E-state index in [1.807, 2.05) is 0 Å². The molecule has 1 atom stereocenters. The summed E-state index contributed by atoms with van der Waals surface area (Å²) in [4.78, 5) is 23.9. The van der Waals surface area contributed by atoms with Crippen molar-refractivity contribution in [2.75, 3.05) is 24.3 Å². The molecular weight excluding hydrogens is 378 g/mol. The molecule has 0 saturated heterocycles. The maximum absolute atomic E-state index is 12.6. The van der Waals surface area contributed by atoms with E-state index in [2.05, 4.69) is 67.9 Å². The van der Waals surface area contributed by atoms with E-state index >= 15 is 0 Å². The van der Waals surface area contributed by atoms with Crippen LogP contribution < -0.4 is 20.7 Å². The summed E-state index contributed by atoms with van der Waals surface area (Å²) in [6, 6.07) is 13.7. The molecule has 0 bridgehead atoms. The third kappa shape index (κ3) is 6.59. The monoisotopic (exact) mass is 411 g/mol. The summed E-state index contributed by atoms with van der Waals surface area (Å²) in [7, 11) is 1.54. The van der Waals surface area contributed by atoms with Gasteiger partial charge < -0.3 is 20.7 Å². The van der Waals surface area contributed by atoms with Crippen LogP contribution in [0.4, 0.5) is 11.4 Å². The molecule has 2 amide bonds. The smallest absolute Gasteiger partial charge is 0.238 e. The molecule has 6 heteroatoms. The Balaban J connectivity index is 2.06. The molecule has 2 rings (SSSR count). The Morgan fingerprint density at radius 2 is 1.57 bits per heavy atom. The predicted molar refractivity (Wildman–Crippen MR) is 122 cm³/mol. The van der Waals surface area contributed by atoms with E-state index in [9.17, 15) is 9.59 Å². The molecule has 0 aliphatic rings. The van der Waals surface area contributed by atoms with Gasteiger partial charge in [-0.1, -0.05) is 52.0 Å². The van der Waals surface area contributed by atoms with Crippen molar-refractivity contribution in [3.05, 3.63) is 53.6 Å². The van der Waals surface area contributed by atoms with Gasteiger partial charge in [0.2, 0.25) is 11.8 Å². The molecule has 0 radical (unpaired) electrons. The van der Waals surface area contributed by atoms with Gasteiger partial charge in [-0.2, -0.15) is 0 Å². The van der Waals surface area contributed by atoms with E-state index in [0.29, 0.717) is 29.0 Å². The zero-order valence-corrected chi connectivity index (χ0v) is 18.7. The lowest BCUT2D eigenvalue weighted by Crippen LogP contribution is -2.33. The summed E-state index contributed by atoms with van der Waals surface area (Å²) in [6.45, 7) is 10.2. The molecule has 0 aliphatic carbocycles. The number of nitrogens with one attached hydrogen (secondary N) is 3. The van der Waals surface area contributed by atoms with Crippen molar-refractivity contribution in [1.29, 1.82) is 0 Å². The summed E-state index contributed by atoms with van der Waals surface area (Å²) in [5.41, 5.74) is 3.56. The van der Waals surface area contributed by atoms with E-state index in [4.69, 9.17) is 4.74 Å². The van der Waals surface area contributed by atoms with Gasteiger partial charge in [0.05, 0.1) is 19.3 Å². The second-order valence-corrected chi connectivity index (χ2v) is 8.07. The Labute approximate surface area is 179 Å². The first-order valence-electron chi connectivity index (χ1n) is 10.3. The second-order valence-electron chi connectivity index (χ2n) is 8.07. The summed E-state index contributed by atoms with van der Waals surface area (Å²) in [6.07, 6.45) is 0. The molecule has 30 heavy (non-hydrogen) atoms. The van der Waals surface area contributed by atoms with Crippen LogP contribution in [0, 0.1) is 5.92 Å². The van der Waals surface area contributed by atoms with Crippen LogP contribution in [0.3, 0.4) is 0 Å². The number of amides is 2. The van der Waals surface area contributed by atoms with Crippen LogP contribution in [0.1, 0.15) is 57.7 Å². The van der Waals surface area contributed by atoms with Crippen LogP contribution in [-0.4, -0.2) is 25.5 Å². The molecule has 0 heterocycles. The number of anilines is 2. The van der Waals surface area contributed by atoms with Crippen molar-refractivity contribution < 1.29 is 14.3 Å². The molecule has 3 N–H and O–H groups in total. The Morgan fingerprint density at radius 3 is 2.10 bits per heavy atom. The highest BCUT2D eigenvalue weighted by Crippen LogP contribution is 2.28. The predicted octanol–water partition coefficient (Wildman–Crippen LogP) is 4.70. The van der Waals surface area contributed by atoms with Crippen molar-refractivity contribution in [3.8, 4) is 5.75 Å². The normalized spacial score (nSPS) is 12.0. The zero-order chi connectivity index (χ0) is 22.3.